The molecule has 1 amide bonds. The fourth-order valence-electron chi connectivity index (χ4n) is 1.86. The summed E-state index contributed by atoms with van der Waals surface area (Å²) in [4.78, 5) is 19.2. The summed E-state index contributed by atoms with van der Waals surface area (Å²) in [6.45, 7) is 1.32. The van der Waals surface area contributed by atoms with Crippen molar-refractivity contribution in [3.05, 3.63) is 17.7 Å². The van der Waals surface area contributed by atoms with Crippen molar-refractivity contribution in [3.8, 4) is 12.3 Å². The van der Waals surface area contributed by atoms with Gasteiger partial charge in [-0.15, -0.1) is 18.2 Å². The summed E-state index contributed by atoms with van der Waals surface area (Å²) in [6, 6.07) is -0.182. The minimum atomic E-state index is -0.182. The fourth-order valence-corrected chi connectivity index (χ4v) is 2.36. The molecule has 3 N–H and O–H groups in total. The average molecular weight is 264 g/mol. The topological polar surface area (TPSA) is 69.8 Å². The van der Waals surface area contributed by atoms with Crippen molar-refractivity contribution in [2.75, 3.05) is 18.1 Å². The Kier molecular flexibility index (Phi) is 4.67. The second-order valence-electron chi connectivity index (χ2n) is 4.01. The minimum Gasteiger partial charge on any atom is -0.354 e. The van der Waals surface area contributed by atoms with Crippen molar-refractivity contribution in [1.82, 2.24) is 20.6 Å². The number of imidazole rings is 1. The Morgan fingerprint density at radius 2 is 2.61 bits per heavy atom. The predicted molar refractivity (Wildman–Crippen MR) is 72.1 cm³/mol. The molecule has 1 aromatic rings. The number of thioether (sulfide) groups is 1. The molecule has 0 fully saturated rings. The van der Waals surface area contributed by atoms with Crippen LogP contribution < -0.4 is 10.6 Å². The van der Waals surface area contributed by atoms with Gasteiger partial charge in [-0.05, 0) is 0 Å². The molecular weight excluding hydrogens is 248 g/mol. The standard InChI is InChI=1S/C12H16N4OS/c1-2-4-18-5-3-13-12(17)10-6-9-11(7-14-10)16-8-15-9/h1,8,10,14H,3-7H2,(H,13,17)(H,15,16). The van der Waals surface area contributed by atoms with Crippen LogP contribution in [0.2, 0.25) is 0 Å². The molecule has 0 aromatic carbocycles. The van der Waals surface area contributed by atoms with Crippen LogP contribution in [0.15, 0.2) is 6.33 Å². The Hall–Kier alpha value is -1.45. The highest BCUT2D eigenvalue weighted by molar-refractivity contribution is 7.99. The molecular formula is C12H16N4OS. The number of hydrogen-bond acceptors (Lipinski definition) is 4. The van der Waals surface area contributed by atoms with Crippen LogP contribution >= 0.6 is 11.8 Å². The van der Waals surface area contributed by atoms with Crippen LogP contribution in [0, 0.1) is 12.3 Å². The summed E-state index contributed by atoms with van der Waals surface area (Å²) in [5.74, 6) is 4.12. The van der Waals surface area contributed by atoms with Gasteiger partial charge in [-0.25, -0.2) is 4.98 Å². The largest absolute Gasteiger partial charge is 0.354 e. The van der Waals surface area contributed by atoms with E-state index in [0.717, 1.165) is 17.1 Å². The number of nitrogens with one attached hydrogen (secondary N) is 3. The van der Waals surface area contributed by atoms with Crippen molar-refractivity contribution in [3.63, 3.8) is 0 Å². The Morgan fingerprint density at radius 1 is 1.72 bits per heavy atom. The number of fused-ring (bicyclic) bond motifs is 1. The molecule has 1 atom stereocenters. The molecule has 0 saturated carbocycles. The summed E-state index contributed by atoms with van der Waals surface area (Å²) in [6.07, 6.45) is 7.46. The molecule has 0 bridgehead atoms. The molecule has 0 spiro atoms. The number of amides is 1. The maximum atomic E-state index is 11.9. The van der Waals surface area contributed by atoms with Crippen LogP contribution in [0.4, 0.5) is 0 Å². The number of terminal acetylenes is 1. The lowest BCUT2D eigenvalue weighted by Gasteiger charge is -2.22. The van der Waals surface area contributed by atoms with Crippen molar-refractivity contribution in [1.29, 1.82) is 0 Å². The quantitative estimate of drug-likeness (QED) is 0.513. The molecule has 6 heteroatoms. The maximum Gasteiger partial charge on any atom is 0.237 e. The molecule has 1 aliphatic rings. The number of carbonyl (C=O) groups is 1. The van der Waals surface area contributed by atoms with Crippen molar-refractivity contribution < 1.29 is 4.79 Å². The molecule has 0 aliphatic carbocycles. The monoisotopic (exact) mass is 264 g/mol. The first kappa shape index (κ1) is 13.0. The Bertz CT molecular complexity index is 451. The third kappa shape index (κ3) is 3.28. The predicted octanol–water partition coefficient (Wildman–Crippen LogP) is -0.0934. The second kappa shape index (κ2) is 6.47. The fraction of sp³-hybridized carbons (Fsp3) is 0.500. The minimum absolute atomic E-state index is 0.0324. The van der Waals surface area contributed by atoms with Gasteiger partial charge in [-0.2, -0.15) is 0 Å². The molecule has 2 rings (SSSR count). The highest BCUT2D eigenvalue weighted by Gasteiger charge is 2.25. The van der Waals surface area contributed by atoms with E-state index in [1.165, 1.54) is 0 Å². The lowest BCUT2D eigenvalue weighted by atomic mass is 10.1. The summed E-state index contributed by atoms with van der Waals surface area (Å²) < 4.78 is 0. The van der Waals surface area contributed by atoms with Crippen LogP contribution in [0.5, 0.6) is 0 Å². The van der Waals surface area contributed by atoms with Crippen LogP contribution in [0.1, 0.15) is 11.4 Å². The molecule has 5 nitrogen and oxygen atoms in total. The first-order valence-electron chi connectivity index (χ1n) is 5.84. The third-order valence-electron chi connectivity index (χ3n) is 2.78. The number of aromatic amines is 1. The second-order valence-corrected chi connectivity index (χ2v) is 5.12. The number of aromatic nitrogens is 2. The molecule has 1 aliphatic heterocycles. The van der Waals surface area contributed by atoms with E-state index in [1.54, 1.807) is 18.1 Å². The molecule has 0 radical (unpaired) electrons. The van der Waals surface area contributed by atoms with Crippen molar-refractivity contribution in [2.24, 2.45) is 0 Å². The van der Waals surface area contributed by atoms with E-state index in [9.17, 15) is 4.79 Å². The van der Waals surface area contributed by atoms with E-state index in [2.05, 4.69) is 26.5 Å². The first-order valence-corrected chi connectivity index (χ1v) is 7.00. The van der Waals surface area contributed by atoms with Crippen LogP contribution in [0.25, 0.3) is 0 Å². The molecule has 1 aromatic heterocycles. The first-order chi connectivity index (χ1) is 8.81. The highest BCUT2D eigenvalue weighted by atomic mass is 32.2. The molecule has 0 saturated heterocycles. The van der Waals surface area contributed by atoms with E-state index in [4.69, 9.17) is 6.42 Å². The average Bonchev–Trinajstić information content (AvgIpc) is 2.85. The van der Waals surface area contributed by atoms with Gasteiger partial charge in [0.15, 0.2) is 0 Å². The van der Waals surface area contributed by atoms with Gasteiger partial charge in [-0.1, -0.05) is 5.92 Å². The number of nitrogens with zero attached hydrogens (tertiary/aromatic N) is 1. The van der Waals surface area contributed by atoms with Crippen LogP contribution in [-0.2, 0) is 17.8 Å². The summed E-state index contributed by atoms with van der Waals surface area (Å²) in [7, 11) is 0. The van der Waals surface area contributed by atoms with E-state index in [1.807, 2.05) is 0 Å². The zero-order chi connectivity index (χ0) is 12.8. The van der Waals surface area contributed by atoms with Gasteiger partial charge in [0, 0.05) is 25.3 Å². The molecule has 18 heavy (non-hydrogen) atoms. The van der Waals surface area contributed by atoms with Gasteiger partial charge >= 0.3 is 0 Å². The normalized spacial score (nSPS) is 17.8. The number of carbonyl (C=O) groups excluding carboxylic acids is 1. The number of rotatable bonds is 5. The lowest BCUT2D eigenvalue weighted by molar-refractivity contribution is -0.123. The molecule has 1 unspecified atom stereocenters. The highest BCUT2D eigenvalue weighted by Crippen LogP contribution is 2.11. The Labute approximate surface area is 111 Å². The van der Waals surface area contributed by atoms with Crippen molar-refractivity contribution >= 4 is 17.7 Å². The number of hydrogen-bond donors (Lipinski definition) is 3. The van der Waals surface area contributed by atoms with Gasteiger partial charge in [-0.3, -0.25) is 10.1 Å². The van der Waals surface area contributed by atoms with E-state index in [-0.39, 0.29) is 11.9 Å². The summed E-state index contributed by atoms with van der Waals surface area (Å²) >= 11 is 1.64. The zero-order valence-electron chi connectivity index (χ0n) is 10.0. The van der Waals surface area contributed by atoms with Gasteiger partial charge in [0.25, 0.3) is 0 Å². The molecule has 96 valence electrons. The zero-order valence-corrected chi connectivity index (χ0v) is 10.8. The van der Waals surface area contributed by atoms with Gasteiger partial charge in [0.2, 0.25) is 5.91 Å². The third-order valence-corrected chi connectivity index (χ3v) is 3.64. The Morgan fingerprint density at radius 3 is 3.44 bits per heavy atom. The SMILES string of the molecule is C#CCSCCNC(=O)C1Cc2nc[nH]c2CN1. The van der Waals surface area contributed by atoms with E-state index >= 15 is 0 Å². The summed E-state index contributed by atoms with van der Waals surface area (Å²) in [5, 5.41) is 6.10. The van der Waals surface area contributed by atoms with Gasteiger partial charge < -0.3 is 10.3 Å². The van der Waals surface area contributed by atoms with Gasteiger partial charge in [0.05, 0.1) is 29.5 Å². The van der Waals surface area contributed by atoms with Gasteiger partial charge in [0.1, 0.15) is 0 Å². The molecule has 2 heterocycles. The lowest BCUT2D eigenvalue weighted by Crippen LogP contribution is -2.48. The van der Waals surface area contributed by atoms with Crippen LogP contribution in [0.3, 0.4) is 0 Å². The van der Waals surface area contributed by atoms with Crippen molar-refractivity contribution in [2.45, 2.75) is 19.0 Å². The summed E-state index contributed by atoms with van der Waals surface area (Å²) in [5.41, 5.74) is 2.05. The number of H-pyrrole nitrogens is 1. The van der Waals surface area contributed by atoms with E-state index < -0.39 is 0 Å². The Balaban J connectivity index is 1.73. The maximum absolute atomic E-state index is 11.9. The van der Waals surface area contributed by atoms with E-state index in [0.29, 0.717) is 25.3 Å². The smallest absolute Gasteiger partial charge is 0.237 e. The van der Waals surface area contributed by atoms with Crippen LogP contribution in [-0.4, -0.2) is 40.0 Å².